The Morgan fingerprint density at radius 2 is 2.12 bits per heavy atom. The number of benzene rings is 1. The second kappa shape index (κ2) is 7.87. The zero-order valence-corrected chi connectivity index (χ0v) is 14.6. The number of hydrogen-bond acceptors (Lipinski definition) is 6. The van der Waals surface area contributed by atoms with Crippen LogP contribution in [-0.4, -0.2) is 44.6 Å². The lowest BCUT2D eigenvalue weighted by Gasteiger charge is -2.15. The van der Waals surface area contributed by atoms with Crippen molar-refractivity contribution < 1.29 is 9.53 Å². The van der Waals surface area contributed by atoms with E-state index >= 15 is 0 Å². The Morgan fingerprint density at radius 3 is 2.88 bits per heavy atom. The molecule has 0 spiro atoms. The first kappa shape index (κ1) is 17.7. The van der Waals surface area contributed by atoms with Gasteiger partial charge in [0.2, 0.25) is 0 Å². The van der Waals surface area contributed by atoms with Crippen LogP contribution in [0.5, 0.6) is 0 Å². The third-order valence-corrected chi connectivity index (χ3v) is 4.04. The normalized spacial score (nSPS) is 12.2. The molecule has 2 heterocycles. The second-order valence-electron chi connectivity index (χ2n) is 5.87. The Morgan fingerprint density at radius 1 is 1.35 bits per heavy atom. The van der Waals surface area contributed by atoms with Gasteiger partial charge in [-0.2, -0.15) is 5.10 Å². The number of H-pyrrole nitrogens is 1. The summed E-state index contributed by atoms with van der Waals surface area (Å²) in [6.07, 6.45) is 2.44. The van der Waals surface area contributed by atoms with Gasteiger partial charge in [-0.15, -0.1) is 10.2 Å². The molecular formula is C17H20N6O3. The van der Waals surface area contributed by atoms with Crippen molar-refractivity contribution in [2.24, 2.45) is 0 Å². The molecule has 1 amide bonds. The van der Waals surface area contributed by atoms with Crippen molar-refractivity contribution >= 4 is 16.7 Å². The summed E-state index contributed by atoms with van der Waals surface area (Å²) in [7, 11) is 1.65. The molecular weight excluding hydrogens is 336 g/mol. The van der Waals surface area contributed by atoms with Crippen molar-refractivity contribution in [2.75, 3.05) is 13.7 Å². The van der Waals surface area contributed by atoms with Crippen molar-refractivity contribution in [1.82, 2.24) is 30.3 Å². The number of ether oxygens (including phenoxy) is 1. The van der Waals surface area contributed by atoms with Crippen LogP contribution in [0.4, 0.5) is 0 Å². The largest absolute Gasteiger partial charge is 0.385 e. The topological polar surface area (TPSA) is 115 Å². The Bertz CT molecular complexity index is 964. The van der Waals surface area contributed by atoms with E-state index < -0.39 is 5.91 Å². The van der Waals surface area contributed by atoms with Gasteiger partial charge in [0.15, 0.2) is 11.5 Å². The van der Waals surface area contributed by atoms with Crippen LogP contribution in [0.1, 0.15) is 35.7 Å². The molecule has 0 aliphatic carbocycles. The summed E-state index contributed by atoms with van der Waals surface area (Å²) in [6.45, 7) is 3.14. The van der Waals surface area contributed by atoms with Gasteiger partial charge in [0.25, 0.3) is 11.5 Å². The molecule has 9 nitrogen and oxygen atoms in total. The SMILES string of the molecule is COCCCn1cnnc1C(C)NC(=O)c1n[nH]c(=O)c2ccccc12. The maximum Gasteiger partial charge on any atom is 0.272 e. The lowest BCUT2D eigenvalue weighted by Crippen LogP contribution is -2.30. The summed E-state index contributed by atoms with van der Waals surface area (Å²) in [6, 6.07) is 6.48. The van der Waals surface area contributed by atoms with Crippen molar-refractivity contribution in [1.29, 1.82) is 0 Å². The van der Waals surface area contributed by atoms with Crippen LogP contribution in [0.15, 0.2) is 35.4 Å². The highest BCUT2D eigenvalue weighted by atomic mass is 16.5. The molecule has 1 unspecified atom stereocenters. The van der Waals surface area contributed by atoms with E-state index in [1.54, 1.807) is 37.7 Å². The molecule has 0 radical (unpaired) electrons. The third-order valence-electron chi connectivity index (χ3n) is 4.04. The summed E-state index contributed by atoms with van der Waals surface area (Å²) in [5, 5.41) is 18.1. The minimum absolute atomic E-state index is 0.164. The molecule has 0 saturated carbocycles. The number of aromatic amines is 1. The van der Waals surface area contributed by atoms with E-state index in [9.17, 15) is 9.59 Å². The average Bonchev–Trinajstić information content (AvgIpc) is 3.11. The Hall–Kier alpha value is -3.07. The van der Waals surface area contributed by atoms with Gasteiger partial charge in [-0.3, -0.25) is 9.59 Å². The first-order chi connectivity index (χ1) is 12.6. The number of hydrogen-bond donors (Lipinski definition) is 2. The van der Waals surface area contributed by atoms with E-state index in [0.717, 1.165) is 6.42 Å². The fourth-order valence-electron chi connectivity index (χ4n) is 2.77. The molecule has 9 heteroatoms. The Kier molecular flexibility index (Phi) is 5.37. The van der Waals surface area contributed by atoms with Gasteiger partial charge >= 0.3 is 0 Å². The molecule has 0 fully saturated rings. The zero-order valence-electron chi connectivity index (χ0n) is 14.6. The standard InChI is InChI=1S/C17H20N6O3/c1-11(15-21-18-10-23(15)8-5-9-26-2)19-17(25)14-12-6-3-4-7-13(12)16(24)22-20-14/h3-4,6-7,10-11H,5,8-9H2,1-2H3,(H,19,25)(H,22,24). The van der Waals surface area contributed by atoms with Gasteiger partial charge in [-0.25, -0.2) is 5.10 Å². The molecule has 0 aliphatic heterocycles. The minimum Gasteiger partial charge on any atom is -0.385 e. The Balaban J connectivity index is 1.80. The number of nitrogens with zero attached hydrogens (tertiary/aromatic N) is 4. The Labute approximate surface area is 149 Å². The number of aromatic nitrogens is 5. The molecule has 2 aromatic heterocycles. The van der Waals surface area contributed by atoms with E-state index in [0.29, 0.717) is 29.7 Å². The van der Waals surface area contributed by atoms with Gasteiger partial charge in [0.05, 0.1) is 11.4 Å². The van der Waals surface area contributed by atoms with Gasteiger partial charge in [-0.05, 0) is 19.4 Å². The van der Waals surface area contributed by atoms with E-state index in [2.05, 4.69) is 25.7 Å². The lowest BCUT2D eigenvalue weighted by atomic mass is 10.1. The number of nitrogens with one attached hydrogen (secondary N) is 2. The van der Waals surface area contributed by atoms with Crippen molar-refractivity contribution in [2.45, 2.75) is 25.9 Å². The van der Waals surface area contributed by atoms with Crippen LogP contribution in [0.3, 0.4) is 0 Å². The van der Waals surface area contributed by atoms with Crippen molar-refractivity contribution in [3.8, 4) is 0 Å². The predicted molar refractivity (Wildman–Crippen MR) is 94.8 cm³/mol. The predicted octanol–water partition coefficient (Wildman–Crippen LogP) is 1.04. The van der Waals surface area contributed by atoms with E-state index in [4.69, 9.17) is 4.74 Å². The quantitative estimate of drug-likeness (QED) is 0.611. The van der Waals surface area contributed by atoms with Crippen LogP contribution >= 0.6 is 0 Å². The van der Waals surface area contributed by atoms with Gasteiger partial charge < -0.3 is 14.6 Å². The molecule has 2 N–H and O–H groups in total. The summed E-state index contributed by atoms with van der Waals surface area (Å²) in [5.74, 6) is 0.250. The zero-order chi connectivity index (χ0) is 18.5. The van der Waals surface area contributed by atoms with Crippen LogP contribution in [-0.2, 0) is 11.3 Å². The van der Waals surface area contributed by atoms with E-state index in [1.165, 1.54) is 0 Å². The summed E-state index contributed by atoms with van der Waals surface area (Å²) >= 11 is 0. The monoisotopic (exact) mass is 356 g/mol. The van der Waals surface area contributed by atoms with Gasteiger partial charge in [0, 0.05) is 25.6 Å². The first-order valence-corrected chi connectivity index (χ1v) is 8.26. The average molecular weight is 356 g/mol. The van der Waals surface area contributed by atoms with Crippen molar-refractivity contribution in [3.63, 3.8) is 0 Å². The molecule has 136 valence electrons. The highest BCUT2D eigenvalue weighted by Gasteiger charge is 2.19. The fraction of sp³-hybridized carbons (Fsp3) is 0.353. The number of carbonyl (C=O) groups is 1. The number of methoxy groups -OCH3 is 1. The fourth-order valence-corrected chi connectivity index (χ4v) is 2.77. The van der Waals surface area contributed by atoms with Crippen LogP contribution in [0.2, 0.25) is 0 Å². The number of rotatable bonds is 7. The van der Waals surface area contributed by atoms with Crippen LogP contribution < -0.4 is 10.9 Å². The first-order valence-electron chi connectivity index (χ1n) is 8.26. The molecule has 26 heavy (non-hydrogen) atoms. The molecule has 0 saturated heterocycles. The number of amides is 1. The van der Waals surface area contributed by atoms with E-state index in [1.807, 2.05) is 11.5 Å². The molecule has 0 aliphatic rings. The maximum atomic E-state index is 12.7. The molecule has 1 aromatic carbocycles. The van der Waals surface area contributed by atoms with Crippen molar-refractivity contribution in [3.05, 3.63) is 52.5 Å². The lowest BCUT2D eigenvalue weighted by molar-refractivity contribution is 0.0933. The molecule has 0 bridgehead atoms. The molecule has 3 rings (SSSR count). The highest BCUT2D eigenvalue weighted by Crippen LogP contribution is 2.15. The second-order valence-corrected chi connectivity index (χ2v) is 5.87. The highest BCUT2D eigenvalue weighted by molar-refractivity contribution is 6.04. The van der Waals surface area contributed by atoms with Crippen LogP contribution in [0, 0.1) is 0 Å². The van der Waals surface area contributed by atoms with Gasteiger partial charge in [-0.1, -0.05) is 18.2 Å². The third kappa shape index (κ3) is 3.62. The number of aryl methyl sites for hydroxylation is 1. The minimum atomic E-state index is -0.392. The smallest absolute Gasteiger partial charge is 0.272 e. The van der Waals surface area contributed by atoms with Crippen LogP contribution in [0.25, 0.3) is 10.8 Å². The number of fused-ring (bicyclic) bond motifs is 1. The maximum absolute atomic E-state index is 12.7. The summed E-state index contributed by atoms with van der Waals surface area (Å²) in [5.41, 5.74) is -0.166. The van der Waals surface area contributed by atoms with E-state index in [-0.39, 0.29) is 17.3 Å². The number of carbonyl (C=O) groups excluding carboxylic acids is 1. The molecule has 3 aromatic rings. The summed E-state index contributed by atoms with van der Waals surface area (Å²) < 4.78 is 6.93. The summed E-state index contributed by atoms with van der Waals surface area (Å²) in [4.78, 5) is 24.5. The van der Waals surface area contributed by atoms with Gasteiger partial charge in [0.1, 0.15) is 6.33 Å². The molecule has 1 atom stereocenters.